The Morgan fingerprint density at radius 3 is 2.39 bits per heavy atom. The molecule has 1 heterocycles. The number of piperidine rings is 1. The summed E-state index contributed by atoms with van der Waals surface area (Å²) >= 11 is 0. The molecule has 18 heavy (non-hydrogen) atoms. The lowest BCUT2D eigenvalue weighted by Gasteiger charge is -2.29. The van der Waals surface area contributed by atoms with Gasteiger partial charge in [0.25, 0.3) is 5.92 Å². The van der Waals surface area contributed by atoms with E-state index in [1.54, 1.807) is 20.8 Å². The van der Waals surface area contributed by atoms with Gasteiger partial charge in [0.15, 0.2) is 0 Å². The van der Waals surface area contributed by atoms with E-state index < -0.39 is 41.6 Å². The highest BCUT2D eigenvalue weighted by Crippen LogP contribution is 2.60. The van der Waals surface area contributed by atoms with Gasteiger partial charge in [-0.2, -0.15) is 0 Å². The van der Waals surface area contributed by atoms with E-state index >= 15 is 0 Å². The number of hydrogen-bond donors (Lipinski definition) is 1. The first kappa shape index (κ1) is 13.0. The van der Waals surface area contributed by atoms with Crippen LogP contribution in [-0.2, 0) is 9.53 Å². The second-order valence-corrected chi connectivity index (χ2v) is 5.70. The van der Waals surface area contributed by atoms with Crippen LogP contribution in [0, 0.1) is 5.92 Å². The van der Waals surface area contributed by atoms with Gasteiger partial charge in [0, 0.05) is 0 Å². The second kappa shape index (κ2) is 3.55. The summed E-state index contributed by atoms with van der Waals surface area (Å²) in [6.07, 6.45) is -1.20. The zero-order valence-electron chi connectivity index (χ0n) is 10.3. The third-order valence-electron chi connectivity index (χ3n) is 3.16. The maximum Gasteiger partial charge on any atom is 0.411 e. The number of alkyl halides is 2. The molecule has 1 saturated carbocycles. The fourth-order valence-electron chi connectivity index (χ4n) is 2.36. The van der Waals surface area contributed by atoms with Crippen LogP contribution in [0.25, 0.3) is 0 Å². The van der Waals surface area contributed by atoms with Crippen LogP contribution in [0.5, 0.6) is 0 Å². The van der Waals surface area contributed by atoms with Crippen molar-refractivity contribution in [1.29, 1.82) is 0 Å². The molecule has 1 saturated heterocycles. The average Bonchev–Trinajstić information content (AvgIpc) is 2.59. The number of fused-ring (bicyclic) bond motifs is 1. The summed E-state index contributed by atoms with van der Waals surface area (Å²) in [4.78, 5) is 23.5. The van der Waals surface area contributed by atoms with Crippen LogP contribution >= 0.6 is 0 Å². The Kier molecular flexibility index (Phi) is 2.57. The van der Waals surface area contributed by atoms with Crippen LogP contribution in [0.15, 0.2) is 0 Å². The molecule has 1 aliphatic carbocycles. The van der Waals surface area contributed by atoms with Gasteiger partial charge in [0.05, 0.1) is 5.92 Å². The second-order valence-electron chi connectivity index (χ2n) is 5.70. The summed E-state index contributed by atoms with van der Waals surface area (Å²) in [5.41, 5.74) is -0.845. The molecule has 2 fully saturated rings. The minimum absolute atomic E-state index is 0.216. The van der Waals surface area contributed by atoms with Gasteiger partial charge in [-0.3, -0.25) is 4.90 Å². The number of halogens is 2. The molecule has 2 rings (SSSR count). The molecule has 0 aromatic heterocycles. The fourth-order valence-corrected chi connectivity index (χ4v) is 2.36. The normalized spacial score (nSPS) is 32.9. The number of carbonyl (C=O) groups excluding carboxylic acids is 1. The molecule has 5 nitrogen and oxygen atoms in total. The monoisotopic (exact) mass is 263 g/mol. The van der Waals surface area contributed by atoms with Crippen LogP contribution in [0.1, 0.15) is 27.2 Å². The summed E-state index contributed by atoms with van der Waals surface area (Å²) in [6.45, 7) is 4.79. The highest BCUT2D eigenvalue weighted by atomic mass is 19.3. The molecule has 7 heteroatoms. The smallest absolute Gasteiger partial charge is 0.411 e. The van der Waals surface area contributed by atoms with E-state index in [-0.39, 0.29) is 6.42 Å². The van der Waals surface area contributed by atoms with Crippen molar-refractivity contribution in [2.75, 3.05) is 0 Å². The number of ether oxygens (including phenoxy) is 1. The lowest BCUT2D eigenvalue weighted by atomic mass is 10.1. The van der Waals surface area contributed by atoms with Gasteiger partial charge in [0.2, 0.25) is 0 Å². The third-order valence-corrected chi connectivity index (χ3v) is 3.16. The van der Waals surface area contributed by atoms with Gasteiger partial charge < -0.3 is 9.84 Å². The zero-order valence-corrected chi connectivity index (χ0v) is 10.3. The Morgan fingerprint density at radius 2 is 1.94 bits per heavy atom. The van der Waals surface area contributed by atoms with Crippen LogP contribution in [0.4, 0.5) is 13.6 Å². The van der Waals surface area contributed by atoms with Crippen molar-refractivity contribution in [3.05, 3.63) is 0 Å². The molecule has 1 amide bonds. The Hall–Kier alpha value is -1.40. The molecule has 3 atom stereocenters. The first-order valence-electron chi connectivity index (χ1n) is 5.67. The van der Waals surface area contributed by atoms with Crippen LogP contribution in [0.2, 0.25) is 0 Å². The summed E-state index contributed by atoms with van der Waals surface area (Å²) in [7, 11) is 0. The molecule has 2 aliphatic rings. The van der Waals surface area contributed by atoms with Crippen molar-refractivity contribution >= 4 is 12.1 Å². The molecule has 1 aliphatic heterocycles. The van der Waals surface area contributed by atoms with Crippen LogP contribution in [-0.4, -0.2) is 45.7 Å². The molecule has 1 N–H and O–H groups in total. The van der Waals surface area contributed by atoms with Gasteiger partial charge >= 0.3 is 12.1 Å². The number of carboxylic acid groups (broad SMARTS) is 1. The minimum atomic E-state index is -2.98. The standard InChI is InChI=1S/C11H15F2NO4/c1-10(2,3)18-9(17)14-6(8(15)16)4-5-7(14)11(5,12)13/h5-7H,4H2,1-3H3,(H,15,16)/t5-,6-,7-/m0/s1. The Balaban J connectivity index is 2.17. The van der Waals surface area contributed by atoms with E-state index in [1.807, 2.05) is 0 Å². The predicted octanol–water partition coefficient (Wildman–Crippen LogP) is 1.71. The van der Waals surface area contributed by atoms with Crippen LogP contribution < -0.4 is 0 Å². The first-order chi connectivity index (χ1) is 8.05. The van der Waals surface area contributed by atoms with Gasteiger partial charge in [-0.15, -0.1) is 0 Å². The molecule has 0 spiro atoms. The molecule has 102 valence electrons. The molecule has 0 radical (unpaired) electrons. The van der Waals surface area contributed by atoms with Gasteiger partial charge in [-0.25, -0.2) is 18.4 Å². The van der Waals surface area contributed by atoms with E-state index in [0.717, 1.165) is 0 Å². The Bertz CT molecular complexity index is 404. The largest absolute Gasteiger partial charge is 0.480 e. The maximum atomic E-state index is 13.3. The van der Waals surface area contributed by atoms with E-state index in [9.17, 15) is 18.4 Å². The quantitative estimate of drug-likeness (QED) is 0.782. The molecule has 0 bridgehead atoms. The number of amides is 1. The van der Waals surface area contributed by atoms with E-state index in [4.69, 9.17) is 9.84 Å². The van der Waals surface area contributed by atoms with E-state index in [1.165, 1.54) is 0 Å². The topological polar surface area (TPSA) is 66.8 Å². The first-order valence-corrected chi connectivity index (χ1v) is 5.67. The van der Waals surface area contributed by atoms with E-state index in [0.29, 0.717) is 4.90 Å². The number of rotatable bonds is 1. The summed E-state index contributed by atoms with van der Waals surface area (Å²) in [6, 6.07) is -2.54. The minimum Gasteiger partial charge on any atom is -0.480 e. The molecule has 0 aromatic rings. The summed E-state index contributed by atoms with van der Waals surface area (Å²) < 4.78 is 31.5. The fraction of sp³-hybridized carbons (Fsp3) is 0.818. The van der Waals surface area contributed by atoms with Crippen molar-refractivity contribution in [2.24, 2.45) is 5.92 Å². The highest BCUT2D eigenvalue weighted by molar-refractivity contribution is 5.82. The molecule has 0 aromatic carbocycles. The lowest BCUT2D eigenvalue weighted by Crippen LogP contribution is -2.47. The van der Waals surface area contributed by atoms with E-state index in [2.05, 4.69) is 0 Å². The van der Waals surface area contributed by atoms with Crippen molar-refractivity contribution in [2.45, 2.75) is 50.8 Å². The number of aliphatic carboxylic acids is 1. The zero-order chi connectivity index (χ0) is 13.9. The number of hydrogen-bond acceptors (Lipinski definition) is 3. The number of carboxylic acids is 1. The Morgan fingerprint density at radius 1 is 1.39 bits per heavy atom. The highest BCUT2D eigenvalue weighted by Gasteiger charge is 2.78. The lowest BCUT2D eigenvalue weighted by molar-refractivity contribution is -0.143. The van der Waals surface area contributed by atoms with Crippen molar-refractivity contribution in [3.63, 3.8) is 0 Å². The number of likely N-dealkylation sites (tertiary alicyclic amines) is 1. The molecular weight excluding hydrogens is 248 g/mol. The predicted molar refractivity (Wildman–Crippen MR) is 56.3 cm³/mol. The van der Waals surface area contributed by atoms with Gasteiger partial charge in [-0.1, -0.05) is 0 Å². The van der Waals surface area contributed by atoms with Crippen LogP contribution in [0.3, 0.4) is 0 Å². The molecule has 0 unspecified atom stereocenters. The Labute approximate surface area is 103 Å². The van der Waals surface area contributed by atoms with Crippen molar-refractivity contribution < 1.29 is 28.2 Å². The van der Waals surface area contributed by atoms with Crippen molar-refractivity contribution in [3.8, 4) is 0 Å². The van der Waals surface area contributed by atoms with Crippen molar-refractivity contribution in [1.82, 2.24) is 4.90 Å². The number of nitrogens with zero attached hydrogens (tertiary/aromatic N) is 1. The number of carbonyl (C=O) groups is 2. The molecular formula is C11H15F2NO4. The third kappa shape index (κ3) is 1.91. The summed E-state index contributed by atoms with van der Waals surface area (Å²) in [5.74, 6) is -5.31. The SMILES string of the molecule is CC(C)(C)OC(=O)N1[C@H]2[C@H](C[C@H]1C(=O)O)C2(F)F. The average molecular weight is 263 g/mol. The van der Waals surface area contributed by atoms with Gasteiger partial charge in [0.1, 0.15) is 17.7 Å². The maximum absolute atomic E-state index is 13.3. The van der Waals surface area contributed by atoms with Gasteiger partial charge in [-0.05, 0) is 27.2 Å². The summed E-state index contributed by atoms with van der Waals surface area (Å²) in [5, 5.41) is 8.95.